The van der Waals surface area contributed by atoms with Crippen LogP contribution < -0.4 is 56.0 Å². The number of anilines is 3. The molecule has 12 heteroatoms. The van der Waals surface area contributed by atoms with Gasteiger partial charge in [-0.05, 0) is 162 Å². The lowest BCUT2D eigenvalue weighted by Gasteiger charge is -2.60. The molecule has 2 heterocycles. The van der Waals surface area contributed by atoms with Gasteiger partial charge >= 0.3 is 0 Å². The molecule has 8 aromatic rings. The first kappa shape index (κ1) is 56.4. The number of nitrogens with zero attached hydrogens (tertiary/aromatic N) is 4. The van der Waals surface area contributed by atoms with E-state index in [-0.39, 0.29) is 41.6 Å². The number of halogens is 2. The molecule has 0 spiro atoms. The van der Waals surface area contributed by atoms with Crippen molar-refractivity contribution in [2.75, 3.05) is 29.9 Å². The number of fused-ring (bicyclic) bond motifs is 4. The summed E-state index contributed by atoms with van der Waals surface area (Å²) in [6.07, 6.45) is 18.4. The van der Waals surface area contributed by atoms with Gasteiger partial charge in [0.15, 0.2) is 0 Å². The van der Waals surface area contributed by atoms with Gasteiger partial charge in [0.05, 0.1) is 5.41 Å². The summed E-state index contributed by atoms with van der Waals surface area (Å²) >= 11 is 0. The number of carbonyl (C=O) groups is 2. The van der Waals surface area contributed by atoms with Crippen molar-refractivity contribution in [1.82, 2.24) is 15.3 Å². The smallest absolute Gasteiger partial charge is 0.239 e. The number of benzene rings is 6. The number of Topliss-reactive ketones (excluding diaryl/α,β-unsaturated/α-hetero) is 1. The van der Waals surface area contributed by atoms with Crippen molar-refractivity contribution in [2.24, 2.45) is 22.7 Å². The first-order valence-corrected chi connectivity index (χ1v) is 28.6. The largest absolute Gasteiger partial charge is 1.00 e. The van der Waals surface area contributed by atoms with Crippen LogP contribution in [0.25, 0.3) is 55.5 Å². The lowest BCUT2D eigenvalue weighted by atomic mass is 9.43. The number of amides is 1. The highest BCUT2D eigenvalue weighted by atomic mass is 35.5. The molecule has 4 fully saturated rings. The molecular formula is C66H78Cl2N8O2. The Bertz CT molecular complexity index is 3260. The van der Waals surface area contributed by atoms with Crippen LogP contribution in [-0.2, 0) is 16.0 Å². The average molecular weight is 1090 g/mol. The summed E-state index contributed by atoms with van der Waals surface area (Å²) in [5, 5.41) is 7.15. The normalized spacial score (nSPS) is 19.3. The Labute approximate surface area is 473 Å². The Morgan fingerprint density at radius 2 is 1.00 bits per heavy atom. The molecule has 4 saturated carbocycles. The van der Waals surface area contributed by atoms with Gasteiger partial charge in [0.25, 0.3) is 0 Å². The van der Waals surface area contributed by atoms with Crippen molar-refractivity contribution in [3.05, 3.63) is 137 Å². The Kier molecular flexibility index (Phi) is 17.3. The van der Waals surface area contributed by atoms with E-state index in [4.69, 9.17) is 21.4 Å². The quantitative estimate of drug-likeness (QED) is 0.0257. The molecule has 0 saturated heterocycles. The number of hydrogen-bond acceptors (Lipinski definition) is 7. The standard InChI is InChI=1S/C66H76N8O2.2ClH/c1-43-29-55-59(73(50-22-14-11-15-23-50)60-35-52(67)44(2)30-56(60)71-55)34-49(43)21-13-7-5-10-20-28-70-64(76)66-40-47-33-48(41-66)39-65(38-47,42-66)63(75)26-18-8-6-9-19-27-69-54-37-62-58(32-46(54)4)72-57-31-45(3)53(68)36-61(57)74(62)51-24-16-12-17-25-51;;/h11-12,14-17,22-25,29-32,34-37,47-48,67H,5-10,13,18-21,26-28,33,38-42H2,1-4H3,(H3,68,69,70,76);2*1H. The minimum Gasteiger partial charge on any atom is -1.00 e. The van der Waals surface area contributed by atoms with Crippen LogP contribution in [0.4, 0.5) is 17.1 Å². The molecule has 4 aliphatic rings. The van der Waals surface area contributed by atoms with Gasteiger partial charge in [-0.3, -0.25) is 9.59 Å². The molecule has 4 bridgehead atoms. The predicted octanol–water partition coefficient (Wildman–Crippen LogP) is 7.27. The van der Waals surface area contributed by atoms with Gasteiger partial charge in [0.1, 0.15) is 27.9 Å². The van der Waals surface area contributed by atoms with E-state index >= 15 is 0 Å². The van der Waals surface area contributed by atoms with Crippen LogP contribution >= 0.6 is 0 Å². The topological polar surface area (TPSA) is 144 Å². The Balaban J connectivity index is 0.00000370. The van der Waals surface area contributed by atoms with Gasteiger partial charge in [-0.25, -0.2) is 9.97 Å². The van der Waals surface area contributed by atoms with E-state index in [2.05, 4.69) is 131 Å². The highest BCUT2D eigenvalue weighted by Crippen LogP contribution is 2.66. The molecule has 2 unspecified atom stereocenters. The first-order chi connectivity index (χ1) is 36.9. The molecule has 2 atom stereocenters. The number of aryl methyl sites for hydroxylation is 5. The van der Waals surface area contributed by atoms with Crippen LogP contribution in [0.2, 0.25) is 0 Å². The minimum absolute atomic E-state index is 0. The van der Waals surface area contributed by atoms with Crippen molar-refractivity contribution in [3.8, 4) is 11.4 Å². The van der Waals surface area contributed by atoms with Gasteiger partial charge in [-0.2, -0.15) is 0 Å². The van der Waals surface area contributed by atoms with Crippen LogP contribution in [-0.4, -0.2) is 34.7 Å². The molecule has 78 heavy (non-hydrogen) atoms. The summed E-state index contributed by atoms with van der Waals surface area (Å²) in [6.45, 7) is 10.0. The monoisotopic (exact) mass is 1080 g/mol. The van der Waals surface area contributed by atoms with E-state index < -0.39 is 0 Å². The zero-order valence-electron chi connectivity index (χ0n) is 46.2. The van der Waals surface area contributed by atoms with Crippen LogP contribution in [0.15, 0.2) is 109 Å². The fourth-order valence-electron chi connectivity index (χ4n) is 14.2. The maximum Gasteiger partial charge on any atom is 0.239 e. The highest BCUT2D eigenvalue weighted by Gasteiger charge is 2.62. The lowest BCUT2D eigenvalue weighted by molar-refractivity contribution is -0.538. The number of unbranched alkanes of at least 4 members (excludes halogenated alkanes) is 8. The number of nitrogen functional groups attached to an aromatic ring is 2. The summed E-state index contributed by atoms with van der Waals surface area (Å²) < 4.78 is 4.58. The second-order valence-electron chi connectivity index (χ2n) is 23.5. The van der Waals surface area contributed by atoms with E-state index in [1.807, 2.05) is 26.0 Å². The third-order valence-corrected chi connectivity index (χ3v) is 17.9. The second-order valence-corrected chi connectivity index (χ2v) is 23.5. The van der Waals surface area contributed by atoms with Gasteiger partial charge in [0.2, 0.25) is 39.3 Å². The number of para-hydroxylation sites is 2. The molecule has 10 nitrogen and oxygen atoms in total. The number of aromatic nitrogens is 4. The third-order valence-electron chi connectivity index (χ3n) is 17.9. The molecule has 0 radical (unpaired) electrons. The van der Waals surface area contributed by atoms with Crippen LogP contribution in [0.3, 0.4) is 0 Å². The predicted molar refractivity (Wildman–Crippen MR) is 310 cm³/mol. The maximum absolute atomic E-state index is 14.2. The molecule has 1 amide bonds. The van der Waals surface area contributed by atoms with Gasteiger partial charge in [0, 0.05) is 90.5 Å². The first-order valence-electron chi connectivity index (χ1n) is 28.6. The van der Waals surface area contributed by atoms with Crippen molar-refractivity contribution in [1.29, 1.82) is 0 Å². The fraction of sp³-hybridized carbons (Fsp3) is 0.424. The Morgan fingerprint density at radius 3 is 1.58 bits per heavy atom. The molecule has 12 rings (SSSR count). The number of hydrogen-bond donors (Lipinski definition) is 4. The fourth-order valence-corrected chi connectivity index (χ4v) is 14.2. The number of rotatable bonds is 21. The van der Waals surface area contributed by atoms with Crippen molar-refractivity contribution < 1.29 is 43.5 Å². The van der Waals surface area contributed by atoms with Gasteiger partial charge in [-0.15, -0.1) is 9.13 Å². The second kappa shape index (κ2) is 23.9. The zero-order chi connectivity index (χ0) is 52.6. The van der Waals surface area contributed by atoms with E-state index in [1.165, 1.54) is 23.1 Å². The minimum atomic E-state index is -0.362. The summed E-state index contributed by atoms with van der Waals surface area (Å²) in [5.74, 6) is 1.68. The van der Waals surface area contributed by atoms with Gasteiger partial charge < -0.3 is 46.9 Å². The number of carbonyl (C=O) groups excluding carboxylic acids is 2. The molecule has 0 aliphatic heterocycles. The molecule has 408 valence electrons. The lowest BCUT2D eigenvalue weighted by Crippen LogP contribution is -3.00. The molecule has 2 aromatic heterocycles. The van der Waals surface area contributed by atoms with Crippen molar-refractivity contribution in [3.63, 3.8) is 0 Å². The number of nitrogens with two attached hydrogens (primary N) is 2. The SMILES string of the molecule is Cc1cc2nc3cc(C)c(CCCCCCCNC(=O)C45CC6CC(CC(C(=O)CCCCCCCNc7cc8c(cc7C)nc7cc(C)c(N)cc7[n+]8-c7ccccc7)(C6)C4)C5)cc3[n+](-c3ccccc3)c2cc1N.[Cl-].[Cl-]. The molecule has 4 aliphatic carbocycles. The molecule has 6 aromatic carbocycles. The average Bonchev–Trinajstić information content (AvgIpc) is 3.60. The van der Waals surface area contributed by atoms with Crippen LogP contribution in [0, 0.1) is 50.4 Å². The Hall–Kier alpha value is -6.36. The molecule has 6 N–H and O–H groups in total. The zero-order valence-corrected chi connectivity index (χ0v) is 47.7. The van der Waals surface area contributed by atoms with E-state index in [1.54, 1.807) is 0 Å². The number of ketones is 1. The third kappa shape index (κ3) is 11.4. The number of nitrogens with one attached hydrogen (secondary N) is 2. The summed E-state index contributed by atoms with van der Waals surface area (Å²) in [7, 11) is 0. The summed E-state index contributed by atoms with van der Waals surface area (Å²) in [6, 6.07) is 38.2. The van der Waals surface area contributed by atoms with E-state index in [0.717, 1.165) is 200 Å². The highest BCUT2D eigenvalue weighted by molar-refractivity contribution is 5.90. The van der Waals surface area contributed by atoms with Crippen molar-refractivity contribution >= 4 is 72.9 Å². The van der Waals surface area contributed by atoms with Crippen LogP contribution in [0.5, 0.6) is 0 Å². The van der Waals surface area contributed by atoms with E-state index in [0.29, 0.717) is 24.0 Å². The van der Waals surface area contributed by atoms with Crippen LogP contribution in [0.1, 0.15) is 137 Å². The van der Waals surface area contributed by atoms with Crippen molar-refractivity contribution in [2.45, 2.75) is 143 Å². The maximum atomic E-state index is 14.2. The van der Waals surface area contributed by atoms with E-state index in [9.17, 15) is 9.59 Å². The Morgan fingerprint density at radius 1 is 0.538 bits per heavy atom. The summed E-state index contributed by atoms with van der Waals surface area (Å²) in [5.41, 5.74) is 30.9. The molecular weight excluding hydrogens is 1010 g/mol. The summed E-state index contributed by atoms with van der Waals surface area (Å²) in [4.78, 5) is 38.6. The van der Waals surface area contributed by atoms with Gasteiger partial charge in [-0.1, -0.05) is 74.9 Å².